The molecule has 2 aromatic carbocycles. The van der Waals surface area contributed by atoms with Gasteiger partial charge in [0.1, 0.15) is 23.9 Å². The maximum atomic E-state index is 11.9. The first-order valence-corrected chi connectivity index (χ1v) is 21.4. The Morgan fingerprint density at radius 1 is 0.635 bits per heavy atom. The molecule has 2 fully saturated rings. The van der Waals surface area contributed by atoms with Gasteiger partial charge >= 0.3 is 0 Å². The molecule has 330 valence electrons. The number of pyridine rings is 1. The number of phenols is 2. The predicted molar refractivity (Wildman–Crippen MR) is 248 cm³/mol. The maximum absolute atomic E-state index is 11.9. The third-order valence-corrected chi connectivity index (χ3v) is 11.7. The third-order valence-electron chi connectivity index (χ3n) is 11.7. The largest absolute Gasteiger partial charge is 0.507 e. The number of aromatic nitrogens is 7. The second-order valence-electron chi connectivity index (χ2n) is 19.6. The second kappa shape index (κ2) is 17.5. The molecule has 63 heavy (non-hydrogen) atoms. The predicted octanol–water partition coefficient (Wildman–Crippen LogP) is 7.95. The zero-order valence-electron chi connectivity index (χ0n) is 38.0. The van der Waals surface area contributed by atoms with Crippen molar-refractivity contribution in [2.45, 2.75) is 115 Å². The van der Waals surface area contributed by atoms with Gasteiger partial charge in [0.05, 0.1) is 11.4 Å². The summed E-state index contributed by atoms with van der Waals surface area (Å²) in [5, 5.41) is 45.9. The molecule has 0 saturated carbocycles. The summed E-state index contributed by atoms with van der Waals surface area (Å²) in [6.07, 6.45) is 10.5. The van der Waals surface area contributed by atoms with Crippen molar-refractivity contribution in [3.05, 3.63) is 108 Å². The average Bonchev–Trinajstić information content (AvgIpc) is 3.20. The van der Waals surface area contributed by atoms with Crippen LogP contribution in [0, 0.1) is 0 Å². The van der Waals surface area contributed by atoms with E-state index in [1.807, 2.05) is 36.4 Å². The normalized spacial score (nSPS) is 17.9. The van der Waals surface area contributed by atoms with Crippen LogP contribution in [0.2, 0.25) is 0 Å². The van der Waals surface area contributed by atoms with Gasteiger partial charge in [-0.3, -0.25) is 4.79 Å². The van der Waals surface area contributed by atoms with Crippen LogP contribution in [-0.2, 0) is 7.05 Å². The summed E-state index contributed by atoms with van der Waals surface area (Å²) in [6.45, 7) is 17.7. The van der Waals surface area contributed by atoms with E-state index in [1.165, 1.54) is 10.9 Å². The highest BCUT2D eigenvalue weighted by Gasteiger charge is 2.40. The zero-order chi connectivity index (χ0) is 45.3. The summed E-state index contributed by atoms with van der Waals surface area (Å²) >= 11 is 0. The Balaban J connectivity index is 0.000000189. The van der Waals surface area contributed by atoms with Crippen LogP contribution < -0.4 is 25.8 Å². The van der Waals surface area contributed by atoms with Gasteiger partial charge in [0, 0.05) is 103 Å². The lowest BCUT2D eigenvalue weighted by molar-refractivity contribution is 0.0524. The lowest BCUT2D eigenvalue weighted by Gasteiger charge is -2.49. The standard InChI is InChI=1S/C25H30N4O3.C24H30N6O/c1-24(2)14-18(15-25(3,4)28-24)32-22-9-8-20(26-27-22)19-7-6-16(12-21(19)30)17-10-11-29(5)23(31)13-17;1-23(2)11-18(12-24(3,4)29-23)30(5)22-9-8-20(27-28-22)19-7-6-16(10-21(19)31)17-13-25-15-26-14-17/h6-13,18,28,30H,14-15H2,1-5H3;6-10,13-15,18,29,31H,11-12H2,1-5H3. The number of aryl methyl sites for hydroxylation is 1. The van der Waals surface area contributed by atoms with Crippen LogP contribution in [0.25, 0.3) is 44.8 Å². The number of benzene rings is 2. The number of anilines is 1. The van der Waals surface area contributed by atoms with Gasteiger partial charge in [-0.2, -0.15) is 0 Å². The molecule has 0 spiro atoms. The van der Waals surface area contributed by atoms with Crippen LogP contribution in [0.3, 0.4) is 0 Å². The van der Waals surface area contributed by atoms with Crippen LogP contribution in [0.15, 0.2) is 103 Å². The van der Waals surface area contributed by atoms with E-state index in [1.54, 1.807) is 62.0 Å². The Bertz CT molecular complexity index is 2560. The minimum atomic E-state index is -0.104. The molecule has 6 heterocycles. The van der Waals surface area contributed by atoms with E-state index in [9.17, 15) is 15.0 Å². The number of nitrogens with one attached hydrogen (secondary N) is 2. The highest BCUT2D eigenvalue weighted by molar-refractivity contribution is 5.75. The number of piperidine rings is 2. The van der Waals surface area contributed by atoms with Crippen molar-refractivity contribution in [2.24, 2.45) is 7.05 Å². The molecule has 2 aliphatic heterocycles. The average molecular weight is 853 g/mol. The molecule has 0 atom stereocenters. The smallest absolute Gasteiger partial charge is 0.250 e. The van der Waals surface area contributed by atoms with Gasteiger partial charge in [0.15, 0.2) is 5.82 Å². The molecule has 4 N–H and O–H groups in total. The molecule has 14 nitrogen and oxygen atoms in total. The fraction of sp³-hybridized carbons (Fsp3) is 0.408. The van der Waals surface area contributed by atoms with Gasteiger partial charge in [0.2, 0.25) is 5.88 Å². The first-order valence-electron chi connectivity index (χ1n) is 21.4. The fourth-order valence-corrected chi connectivity index (χ4v) is 9.43. The van der Waals surface area contributed by atoms with Crippen molar-refractivity contribution < 1.29 is 14.9 Å². The quantitative estimate of drug-likeness (QED) is 0.116. The van der Waals surface area contributed by atoms with E-state index >= 15 is 0 Å². The Kier molecular flexibility index (Phi) is 12.4. The monoisotopic (exact) mass is 852 g/mol. The highest BCUT2D eigenvalue weighted by atomic mass is 16.5. The lowest BCUT2D eigenvalue weighted by Crippen LogP contribution is -2.62. The van der Waals surface area contributed by atoms with Gasteiger partial charge in [-0.25, -0.2) is 9.97 Å². The van der Waals surface area contributed by atoms with E-state index < -0.39 is 0 Å². The van der Waals surface area contributed by atoms with Crippen molar-refractivity contribution >= 4 is 5.82 Å². The molecule has 2 aliphatic rings. The molecule has 0 unspecified atom stereocenters. The van der Waals surface area contributed by atoms with Gasteiger partial charge in [-0.15, -0.1) is 20.4 Å². The van der Waals surface area contributed by atoms with Crippen molar-refractivity contribution in [3.63, 3.8) is 0 Å². The first-order chi connectivity index (χ1) is 29.6. The van der Waals surface area contributed by atoms with Gasteiger partial charge in [-0.05, 0) is 133 Å². The number of hydrogen-bond donors (Lipinski definition) is 4. The Morgan fingerprint density at radius 3 is 1.63 bits per heavy atom. The number of hydrogen-bond acceptors (Lipinski definition) is 13. The maximum Gasteiger partial charge on any atom is 0.250 e. The summed E-state index contributed by atoms with van der Waals surface area (Å²) in [5.41, 5.74) is 5.59. The molecule has 4 aromatic heterocycles. The van der Waals surface area contributed by atoms with Crippen molar-refractivity contribution in [1.82, 2.24) is 45.6 Å². The van der Waals surface area contributed by atoms with Gasteiger partial charge < -0.3 is 35.1 Å². The Labute approximate surface area is 369 Å². The van der Waals surface area contributed by atoms with E-state index in [0.29, 0.717) is 34.4 Å². The molecule has 0 radical (unpaired) electrons. The topological polar surface area (TPSA) is 176 Å². The molecule has 0 aliphatic carbocycles. The number of rotatable bonds is 8. The minimum Gasteiger partial charge on any atom is -0.507 e. The zero-order valence-corrected chi connectivity index (χ0v) is 38.0. The summed E-state index contributed by atoms with van der Waals surface area (Å²) in [5.74, 6) is 1.54. The number of aromatic hydroxyl groups is 2. The SMILES string of the molecule is CN(c1ccc(-c2ccc(-c3cncnc3)cc2O)nn1)C1CC(C)(C)NC(C)(C)C1.Cn1ccc(-c2ccc(-c3ccc(OC4CC(C)(C)NC(C)(C)C4)nn3)c(O)c2)cc1=O. The first kappa shape index (κ1) is 44.8. The summed E-state index contributed by atoms with van der Waals surface area (Å²) in [6, 6.07) is 22.0. The third kappa shape index (κ3) is 11.0. The van der Waals surface area contributed by atoms with Crippen molar-refractivity contribution in [2.75, 3.05) is 11.9 Å². The Morgan fingerprint density at radius 2 is 1.14 bits per heavy atom. The second-order valence-corrected chi connectivity index (χ2v) is 19.6. The van der Waals surface area contributed by atoms with Crippen LogP contribution in [-0.4, -0.2) is 86.5 Å². The molecule has 0 amide bonds. The van der Waals surface area contributed by atoms with E-state index in [2.05, 4.69) is 108 Å². The lowest BCUT2D eigenvalue weighted by atomic mass is 9.79. The van der Waals surface area contributed by atoms with Crippen LogP contribution in [0.1, 0.15) is 81.1 Å². The number of phenolic OH excluding ortho intramolecular Hbond substituents is 2. The Hall–Kier alpha value is -6.25. The minimum absolute atomic E-state index is 0.0175. The molecule has 2 saturated heterocycles. The molecular weight excluding hydrogens is 793 g/mol. The number of ether oxygens (including phenoxy) is 1. The van der Waals surface area contributed by atoms with Crippen LogP contribution in [0.5, 0.6) is 17.4 Å². The summed E-state index contributed by atoms with van der Waals surface area (Å²) < 4.78 is 7.64. The number of nitrogens with zero attached hydrogens (tertiary/aromatic N) is 8. The highest BCUT2D eigenvalue weighted by Crippen LogP contribution is 2.36. The molecule has 8 rings (SSSR count). The molecule has 6 aromatic rings. The van der Waals surface area contributed by atoms with Crippen LogP contribution in [0.4, 0.5) is 5.82 Å². The van der Waals surface area contributed by atoms with Crippen LogP contribution >= 0.6 is 0 Å². The van der Waals surface area contributed by atoms with E-state index in [4.69, 9.17) is 4.74 Å². The van der Waals surface area contributed by atoms with E-state index in [0.717, 1.165) is 53.8 Å². The van der Waals surface area contributed by atoms with Crippen molar-refractivity contribution in [1.29, 1.82) is 0 Å². The molecular formula is C49H60N10O4. The van der Waals surface area contributed by atoms with Crippen molar-refractivity contribution in [3.8, 4) is 62.1 Å². The molecule has 14 heteroatoms. The summed E-state index contributed by atoms with van der Waals surface area (Å²) in [7, 11) is 3.78. The summed E-state index contributed by atoms with van der Waals surface area (Å²) in [4.78, 5) is 22.2. The van der Waals surface area contributed by atoms with Gasteiger partial charge in [-0.1, -0.05) is 12.1 Å². The fourth-order valence-electron chi connectivity index (χ4n) is 9.43. The van der Waals surface area contributed by atoms with Gasteiger partial charge in [0.25, 0.3) is 5.56 Å². The van der Waals surface area contributed by atoms with E-state index in [-0.39, 0.29) is 45.3 Å². The molecule has 0 bridgehead atoms.